The maximum Gasteiger partial charge on any atom is 0.134 e. The molecule has 0 saturated carbocycles. The predicted octanol–water partition coefficient (Wildman–Crippen LogP) is 6.93. The Balaban J connectivity index is 0.00000370. The van der Waals surface area contributed by atoms with Gasteiger partial charge in [0.05, 0.1) is 0 Å². The minimum Gasteiger partial charge on any atom is -0.456 e. The van der Waals surface area contributed by atoms with Crippen LogP contribution in [0.4, 0.5) is 0 Å². The Morgan fingerprint density at radius 2 is 0.950 bits per heavy atom. The minimum absolute atomic E-state index is 0. The molecule has 202 valence electrons. The van der Waals surface area contributed by atoms with Gasteiger partial charge in [-0.2, -0.15) is 0 Å². The molecule has 5 nitrogen and oxygen atoms in total. The molecule has 0 saturated heterocycles. The summed E-state index contributed by atoms with van der Waals surface area (Å²) in [7, 11) is 0. The second-order valence-electron chi connectivity index (χ2n) is 9.33. The monoisotopic (exact) mass is 548 g/mol. The van der Waals surface area contributed by atoms with E-state index in [0.29, 0.717) is 24.8 Å². The van der Waals surface area contributed by atoms with Crippen molar-refractivity contribution in [1.29, 1.82) is 0 Å². The van der Waals surface area contributed by atoms with Crippen LogP contribution in [0.2, 0.25) is 0 Å². The van der Waals surface area contributed by atoms with Gasteiger partial charge in [0, 0.05) is 35.3 Å². The smallest absolute Gasteiger partial charge is 0.134 e. The molecule has 1 heterocycles. The van der Waals surface area contributed by atoms with Gasteiger partial charge < -0.3 is 15.9 Å². The fourth-order valence-electron chi connectivity index (χ4n) is 4.39. The number of nitrogens with two attached hydrogens (primary N) is 2. The Labute approximate surface area is 241 Å². The summed E-state index contributed by atoms with van der Waals surface area (Å²) in [6.07, 6.45) is 1.70. The van der Waals surface area contributed by atoms with E-state index in [2.05, 4.69) is 34.3 Å². The van der Waals surface area contributed by atoms with Crippen molar-refractivity contribution in [2.75, 3.05) is 13.1 Å². The normalized spacial score (nSPS) is 11.7. The third-order valence-electron chi connectivity index (χ3n) is 6.54. The SMILES string of the molecule is Cl.NC(=NCCc1ccccc1)c1cccc(-c2ccc(-c3cccc(C(N)=NCCc4ccccc4)c3)o2)c1. The lowest BCUT2D eigenvalue weighted by molar-refractivity contribution is 0.597. The van der Waals surface area contributed by atoms with Gasteiger partial charge in [0.25, 0.3) is 0 Å². The molecule has 0 radical (unpaired) electrons. The molecular weight excluding hydrogens is 516 g/mol. The average molecular weight is 549 g/mol. The highest BCUT2D eigenvalue weighted by molar-refractivity contribution is 5.99. The molecular formula is C34H33ClN4O. The number of hydrogen-bond donors (Lipinski definition) is 2. The number of amidine groups is 2. The summed E-state index contributed by atoms with van der Waals surface area (Å²) in [5.41, 5.74) is 18.7. The zero-order valence-electron chi connectivity index (χ0n) is 22.2. The zero-order valence-corrected chi connectivity index (χ0v) is 23.1. The van der Waals surface area contributed by atoms with Gasteiger partial charge in [0.15, 0.2) is 0 Å². The second kappa shape index (κ2) is 14.0. The molecule has 0 unspecified atom stereocenters. The first-order valence-electron chi connectivity index (χ1n) is 13.1. The molecule has 4 N–H and O–H groups in total. The number of furan rings is 1. The number of nitrogens with zero attached hydrogens (tertiary/aromatic N) is 2. The molecule has 5 rings (SSSR count). The van der Waals surface area contributed by atoms with Gasteiger partial charge in [-0.3, -0.25) is 9.98 Å². The number of rotatable bonds is 10. The van der Waals surface area contributed by atoms with Gasteiger partial charge in [-0.25, -0.2) is 0 Å². The van der Waals surface area contributed by atoms with Crippen LogP contribution in [0.1, 0.15) is 22.3 Å². The maximum absolute atomic E-state index is 6.31. The first-order chi connectivity index (χ1) is 19.2. The Hall–Kier alpha value is -4.61. The summed E-state index contributed by atoms with van der Waals surface area (Å²) >= 11 is 0. The first kappa shape index (κ1) is 28.4. The molecule has 0 spiro atoms. The van der Waals surface area contributed by atoms with Crippen LogP contribution in [0.5, 0.6) is 0 Å². The summed E-state index contributed by atoms with van der Waals surface area (Å²) < 4.78 is 6.24. The van der Waals surface area contributed by atoms with E-state index in [9.17, 15) is 0 Å². The molecule has 0 amide bonds. The van der Waals surface area contributed by atoms with Crippen LogP contribution >= 0.6 is 12.4 Å². The van der Waals surface area contributed by atoms with Gasteiger partial charge in [-0.15, -0.1) is 12.4 Å². The van der Waals surface area contributed by atoms with E-state index in [1.807, 2.05) is 97.1 Å². The van der Waals surface area contributed by atoms with Crippen molar-refractivity contribution in [1.82, 2.24) is 0 Å². The van der Waals surface area contributed by atoms with Crippen molar-refractivity contribution >= 4 is 24.1 Å². The second-order valence-corrected chi connectivity index (χ2v) is 9.33. The lowest BCUT2D eigenvalue weighted by atomic mass is 10.1. The molecule has 5 aromatic rings. The molecule has 1 aromatic heterocycles. The van der Waals surface area contributed by atoms with Crippen molar-refractivity contribution in [3.8, 4) is 22.6 Å². The third kappa shape index (κ3) is 7.49. The maximum atomic E-state index is 6.31. The number of hydrogen-bond acceptors (Lipinski definition) is 3. The summed E-state index contributed by atoms with van der Waals surface area (Å²) in [6, 6.07) is 40.5. The summed E-state index contributed by atoms with van der Waals surface area (Å²) in [4.78, 5) is 9.17. The predicted molar refractivity (Wildman–Crippen MR) is 168 cm³/mol. The van der Waals surface area contributed by atoms with Crippen LogP contribution in [0.3, 0.4) is 0 Å². The molecule has 0 aliphatic carbocycles. The highest BCUT2D eigenvalue weighted by atomic mass is 35.5. The highest BCUT2D eigenvalue weighted by Crippen LogP contribution is 2.29. The Bertz CT molecular complexity index is 1460. The third-order valence-corrected chi connectivity index (χ3v) is 6.54. The van der Waals surface area contributed by atoms with E-state index in [-0.39, 0.29) is 12.4 Å². The number of benzene rings is 4. The van der Waals surface area contributed by atoms with Crippen LogP contribution in [0.15, 0.2) is 136 Å². The van der Waals surface area contributed by atoms with Crippen LogP contribution < -0.4 is 11.5 Å². The summed E-state index contributed by atoms with van der Waals surface area (Å²) in [5.74, 6) is 2.57. The van der Waals surface area contributed by atoms with Gasteiger partial charge in [0.2, 0.25) is 0 Å². The fraction of sp³-hybridized carbons (Fsp3) is 0.118. The number of halogens is 1. The first-order valence-corrected chi connectivity index (χ1v) is 13.1. The van der Waals surface area contributed by atoms with E-state index in [0.717, 1.165) is 46.6 Å². The van der Waals surface area contributed by atoms with E-state index in [4.69, 9.17) is 15.9 Å². The van der Waals surface area contributed by atoms with E-state index in [1.54, 1.807) is 0 Å². The van der Waals surface area contributed by atoms with Gasteiger partial charge in [-0.05, 0) is 48.2 Å². The molecule has 6 heteroatoms. The summed E-state index contributed by atoms with van der Waals surface area (Å²) in [6.45, 7) is 1.28. The standard InChI is InChI=1S/C34H32N4O.ClH/c35-33(37-21-19-25-9-3-1-4-10-25)29-15-7-13-27(23-29)31-17-18-32(39-31)28-14-8-16-30(24-28)34(36)38-22-20-26-11-5-2-6-12-26;/h1-18,23-24H,19-22H2,(H2,35,37)(H2,36,38);1H. The molecule has 0 aliphatic heterocycles. The lowest BCUT2D eigenvalue weighted by Crippen LogP contribution is -2.14. The van der Waals surface area contributed by atoms with Gasteiger partial charge in [0.1, 0.15) is 23.2 Å². The van der Waals surface area contributed by atoms with Gasteiger partial charge in [-0.1, -0.05) is 97.1 Å². The molecule has 40 heavy (non-hydrogen) atoms. The molecule has 0 atom stereocenters. The van der Waals surface area contributed by atoms with Gasteiger partial charge >= 0.3 is 0 Å². The topological polar surface area (TPSA) is 89.9 Å². The number of aliphatic imine (C=N–C) groups is 2. The van der Waals surface area contributed by atoms with Crippen LogP contribution in [-0.4, -0.2) is 24.8 Å². The zero-order chi connectivity index (χ0) is 26.9. The van der Waals surface area contributed by atoms with Crippen molar-refractivity contribution in [2.45, 2.75) is 12.8 Å². The Morgan fingerprint density at radius 3 is 1.38 bits per heavy atom. The van der Waals surface area contributed by atoms with Crippen LogP contribution in [0.25, 0.3) is 22.6 Å². The highest BCUT2D eigenvalue weighted by Gasteiger charge is 2.10. The van der Waals surface area contributed by atoms with Crippen LogP contribution in [0, 0.1) is 0 Å². The van der Waals surface area contributed by atoms with Crippen molar-refractivity contribution < 1.29 is 4.42 Å². The Kier molecular flexibility index (Phi) is 9.92. The molecule has 4 aromatic carbocycles. The van der Waals surface area contributed by atoms with E-state index in [1.165, 1.54) is 11.1 Å². The van der Waals surface area contributed by atoms with Crippen molar-refractivity contribution in [2.24, 2.45) is 21.5 Å². The molecule has 0 fully saturated rings. The minimum atomic E-state index is 0. The lowest BCUT2D eigenvalue weighted by Gasteiger charge is -2.05. The molecule has 0 bridgehead atoms. The average Bonchev–Trinajstić information content (AvgIpc) is 3.49. The van der Waals surface area contributed by atoms with Crippen molar-refractivity contribution in [3.05, 3.63) is 144 Å². The van der Waals surface area contributed by atoms with E-state index >= 15 is 0 Å². The quantitative estimate of drug-likeness (QED) is 0.146. The summed E-state index contributed by atoms with van der Waals surface area (Å²) in [5, 5.41) is 0. The molecule has 0 aliphatic rings. The van der Waals surface area contributed by atoms with Crippen molar-refractivity contribution in [3.63, 3.8) is 0 Å². The van der Waals surface area contributed by atoms with Crippen LogP contribution in [-0.2, 0) is 12.8 Å². The van der Waals surface area contributed by atoms with E-state index < -0.39 is 0 Å². The fourth-order valence-corrected chi connectivity index (χ4v) is 4.39. The largest absolute Gasteiger partial charge is 0.456 e. The Morgan fingerprint density at radius 1 is 0.525 bits per heavy atom.